The third-order valence-electron chi connectivity index (χ3n) is 3.39. The molecule has 0 saturated carbocycles. The maximum Gasteiger partial charge on any atom is 0.341 e. The average Bonchev–Trinajstić information content (AvgIpc) is 3.17. The number of aromatic nitrogens is 3. The van der Waals surface area contributed by atoms with Crippen LogP contribution in [0.2, 0.25) is 10.0 Å². The highest BCUT2D eigenvalue weighted by Gasteiger charge is 2.18. The molecule has 2 heterocycles. The molecular formula is C16H13Cl2N3O2S. The van der Waals surface area contributed by atoms with Crippen molar-refractivity contribution < 1.29 is 9.53 Å². The van der Waals surface area contributed by atoms with Crippen molar-refractivity contribution in [1.82, 2.24) is 14.8 Å². The lowest BCUT2D eigenvalue weighted by Crippen LogP contribution is -2.06. The molecule has 124 valence electrons. The molecule has 1 aromatic carbocycles. The van der Waals surface area contributed by atoms with Gasteiger partial charge >= 0.3 is 5.97 Å². The molecular weight excluding hydrogens is 369 g/mol. The first-order valence-electron chi connectivity index (χ1n) is 7.14. The summed E-state index contributed by atoms with van der Waals surface area (Å²) in [7, 11) is 0. The number of ether oxygens (including phenoxy) is 1. The number of hydrogen-bond donors (Lipinski definition) is 0. The molecule has 3 rings (SSSR count). The van der Waals surface area contributed by atoms with Crippen molar-refractivity contribution in [3.8, 4) is 16.4 Å². The van der Waals surface area contributed by atoms with Crippen molar-refractivity contribution >= 4 is 40.5 Å². The molecule has 0 aliphatic carbocycles. The van der Waals surface area contributed by atoms with Crippen LogP contribution in [0.15, 0.2) is 29.8 Å². The summed E-state index contributed by atoms with van der Waals surface area (Å²) in [5.41, 5.74) is 2.75. The minimum absolute atomic E-state index is 0.322. The third-order valence-corrected chi connectivity index (χ3v) is 4.95. The van der Waals surface area contributed by atoms with Crippen molar-refractivity contribution in [2.75, 3.05) is 6.61 Å². The lowest BCUT2D eigenvalue weighted by Gasteiger charge is -2.02. The lowest BCUT2D eigenvalue weighted by molar-refractivity contribution is 0.0525. The Morgan fingerprint density at radius 1 is 1.33 bits per heavy atom. The molecule has 0 aliphatic heterocycles. The molecule has 0 unspecified atom stereocenters. The van der Waals surface area contributed by atoms with Crippen LogP contribution >= 0.6 is 34.5 Å². The molecule has 0 bridgehead atoms. The van der Waals surface area contributed by atoms with E-state index >= 15 is 0 Å². The summed E-state index contributed by atoms with van der Waals surface area (Å²) < 4.78 is 6.64. The first kappa shape index (κ1) is 17.0. The number of benzene rings is 1. The maximum absolute atomic E-state index is 11.9. The Morgan fingerprint density at radius 2 is 2.12 bits per heavy atom. The van der Waals surface area contributed by atoms with Gasteiger partial charge in [-0.1, -0.05) is 29.3 Å². The lowest BCUT2D eigenvalue weighted by atomic mass is 10.2. The van der Waals surface area contributed by atoms with E-state index in [1.165, 1.54) is 17.5 Å². The number of thiazole rings is 1. The predicted octanol–water partition coefficient (Wildman–Crippen LogP) is 4.79. The fourth-order valence-corrected chi connectivity index (χ4v) is 3.30. The van der Waals surface area contributed by atoms with Gasteiger partial charge in [-0.05, 0) is 26.0 Å². The van der Waals surface area contributed by atoms with Gasteiger partial charge in [0.1, 0.15) is 5.56 Å². The summed E-state index contributed by atoms with van der Waals surface area (Å²) >= 11 is 13.4. The molecule has 2 aromatic heterocycles. The molecule has 3 aromatic rings. The molecule has 0 amide bonds. The Kier molecular flexibility index (Phi) is 4.89. The number of hydrogen-bond acceptors (Lipinski definition) is 5. The van der Waals surface area contributed by atoms with Crippen LogP contribution in [0.3, 0.4) is 0 Å². The quantitative estimate of drug-likeness (QED) is 0.609. The number of carbonyl (C=O) groups is 1. The summed E-state index contributed by atoms with van der Waals surface area (Å²) in [5, 5.41) is 7.78. The van der Waals surface area contributed by atoms with Crippen LogP contribution in [0.25, 0.3) is 16.4 Å². The largest absolute Gasteiger partial charge is 0.462 e. The Hall–Kier alpha value is -1.89. The maximum atomic E-state index is 11.9. The number of rotatable bonds is 4. The second-order valence-corrected chi connectivity index (χ2v) is 6.57. The van der Waals surface area contributed by atoms with E-state index in [0.29, 0.717) is 33.0 Å². The summed E-state index contributed by atoms with van der Waals surface area (Å²) in [6.45, 7) is 3.89. The van der Waals surface area contributed by atoms with E-state index in [9.17, 15) is 4.79 Å². The van der Waals surface area contributed by atoms with Gasteiger partial charge in [-0.2, -0.15) is 5.10 Å². The summed E-state index contributed by atoms with van der Waals surface area (Å²) in [6.07, 6.45) is 1.49. The monoisotopic (exact) mass is 381 g/mol. The molecule has 24 heavy (non-hydrogen) atoms. The predicted molar refractivity (Wildman–Crippen MR) is 95.4 cm³/mol. The van der Waals surface area contributed by atoms with Gasteiger partial charge < -0.3 is 4.74 Å². The molecule has 0 atom stereocenters. The first-order chi connectivity index (χ1) is 11.5. The van der Waals surface area contributed by atoms with E-state index in [-0.39, 0.29) is 5.97 Å². The van der Waals surface area contributed by atoms with Crippen LogP contribution in [-0.2, 0) is 4.74 Å². The number of esters is 1. The Morgan fingerprint density at radius 3 is 2.83 bits per heavy atom. The molecule has 5 nitrogen and oxygen atoms in total. The van der Waals surface area contributed by atoms with Crippen molar-refractivity contribution in [3.05, 3.63) is 51.1 Å². The van der Waals surface area contributed by atoms with Crippen molar-refractivity contribution in [1.29, 1.82) is 0 Å². The molecule has 0 fully saturated rings. The highest BCUT2D eigenvalue weighted by Crippen LogP contribution is 2.30. The van der Waals surface area contributed by atoms with Crippen molar-refractivity contribution in [2.45, 2.75) is 13.8 Å². The minimum Gasteiger partial charge on any atom is -0.462 e. The van der Waals surface area contributed by atoms with E-state index in [1.807, 2.05) is 11.4 Å². The number of nitrogens with zero attached hydrogens (tertiary/aromatic N) is 3. The number of halogens is 2. The minimum atomic E-state index is -0.387. The Balaban J connectivity index is 1.93. The molecule has 8 heteroatoms. The van der Waals surface area contributed by atoms with E-state index in [0.717, 1.165) is 11.3 Å². The zero-order valence-electron chi connectivity index (χ0n) is 12.9. The topological polar surface area (TPSA) is 57.0 Å². The summed E-state index contributed by atoms with van der Waals surface area (Å²) in [4.78, 5) is 16.5. The van der Waals surface area contributed by atoms with Gasteiger partial charge in [0, 0.05) is 10.9 Å². The van der Waals surface area contributed by atoms with Crippen LogP contribution in [0, 0.1) is 6.92 Å². The Bertz CT molecular complexity index is 905. The smallest absolute Gasteiger partial charge is 0.341 e. The third kappa shape index (κ3) is 3.17. The molecule has 0 spiro atoms. The fraction of sp³-hybridized carbons (Fsp3) is 0.188. The van der Waals surface area contributed by atoms with Gasteiger partial charge in [-0.15, -0.1) is 11.3 Å². The Labute approximate surface area is 152 Å². The second-order valence-electron chi connectivity index (χ2n) is 4.92. The normalized spacial score (nSPS) is 10.8. The van der Waals surface area contributed by atoms with E-state index < -0.39 is 0 Å². The molecule has 0 saturated heterocycles. The summed E-state index contributed by atoms with van der Waals surface area (Å²) in [5.74, 6) is -0.387. The standard InChI is InChI=1S/C16H13Cl2N3O2S/c1-3-23-15(22)11-7-19-21(9(11)2)16-20-14(8-24-16)10-4-5-12(17)13(18)6-10/h4-8H,3H2,1-2H3. The van der Waals surface area contributed by atoms with Crippen LogP contribution < -0.4 is 0 Å². The fourth-order valence-electron chi connectivity index (χ4n) is 2.16. The molecule has 0 aliphatic rings. The van der Waals surface area contributed by atoms with Crippen LogP contribution in [-0.4, -0.2) is 27.3 Å². The van der Waals surface area contributed by atoms with Gasteiger partial charge in [0.25, 0.3) is 0 Å². The van der Waals surface area contributed by atoms with E-state index in [2.05, 4.69) is 10.1 Å². The zero-order valence-corrected chi connectivity index (χ0v) is 15.2. The highest BCUT2D eigenvalue weighted by molar-refractivity contribution is 7.12. The van der Waals surface area contributed by atoms with Gasteiger partial charge in [-0.3, -0.25) is 0 Å². The van der Waals surface area contributed by atoms with E-state index in [4.69, 9.17) is 27.9 Å². The second kappa shape index (κ2) is 6.93. The zero-order chi connectivity index (χ0) is 17.3. The average molecular weight is 382 g/mol. The van der Waals surface area contributed by atoms with Crippen molar-refractivity contribution in [3.63, 3.8) is 0 Å². The number of carbonyl (C=O) groups excluding carboxylic acids is 1. The molecule has 0 radical (unpaired) electrons. The first-order valence-corrected chi connectivity index (χ1v) is 8.78. The summed E-state index contributed by atoms with van der Waals surface area (Å²) in [6, 6.07) is 5.35. The van der Waals surface area contributed by atoms with Crippen LogP contribution in [0.4, 0.5) is 0 Å². The molecule has 0 N–H and O–H groups in total. The van der Waals surface area contributed by atoms with Gasteiger partial charge in [0.05, 0.1) is 34.2 Å². The van der Waals surface area contributed by atoms with Crippen LogP contribution in [0.1, 0.15) is 23.0 Å². The van der Waals surface area contributed by atoms with Gasteiger partial charge in [0.2, 0.25) is 5.13 Å². The van der Waals surface area contributed by atoms with Crippen LogP contribution in [0.5, 0.6) is 0 Å². The van der Waals surface area contributed by atoms with Crippen molar-refractivity contribution in [2.24, 2.45) is 0 Å². The van der Waals surface area contributed by atoms with Gasteiger partial charge in [-0.25, -0.2) is 14.5 Å². The highest BCUT2D eigenvalue weighted by atomic mass is 35.5. The SMILES string of the molecule is CCOC(=O)c1cnn(-c2nc(-c3ccc(Cl)c(Cl)c3)cs2)c1C. The van der Waals surface area contributed by atoms with Gasteiger partial charge in [0.15, 0.2) is 0 Å². The van der Waals surface area contributed by atoms with E-state index in [1.54, 1.807) is 30.7 Å².